The zero-order valence-electron chi connectivity index (χ0n) is 13.7. The molecule has 3 nitrogen and oxygen atoms in total. The van der Waals surface area contributed by atoms with Crippen LogP contribution in [0.25, 0.3) is 0 Å². The van der Waals surface area contributed by atoms with E-state index in [1.807, 2.05) is 0 Å². The molecule has 1 fully saturated rings. The zero-order chi connectivity index (χ0) is 15.1. The van der Waals surface area contributed by atoms with E-state index in [4.69, 9.17) is 4.74 Å². The van der Waals surface area contributed by atoms with Crippen LogP contribution < -0.4 is 5.32 Å². The summed E-state index contributed by atoms with van der Waals surface area (Å²) in [5.74, 6) is 0.588. The van der Waals surface area contributed by atoms with Crippen molar-refractivity contribution in [3.05, 3.63) is 35.9 Å². The first-order chi connectivity index (χ1) is 10.2. The second-order valence-corrected chi connectivity index (χ2v) is 6.30. The van der Waals surface area contributed by atoms with Crippen LogP contribution in [-0.4, -0.2) is 43.3 Å². The van der Waals surface area contributed by atoms with Gasteiger partial charge in [-0.3, -0.25) is 4.90 Å². The molecule has 2 rings (SSSR count). The van der Waals surface area contributed by atoms with E-state index in [1.54, 1.807) is 0 Å². The summed E-state index contributed by atoms with van der Waals surface area (Å²) in [5, 5.41) is 3.64. The van der Waals surface area contributed by atoms with Crippen LogP contribution in [0.2, 0.25) is 0 Å². The molecule has 0 aromatic heterocycles. The van der Waals surface area contributed by atoms with Gasteiger partial charge in [0.05, 0.1) is 6.61 Å². The topological polar surface area (TPSA) is 24.5 Å². The number of benzene rings is 1. The molecular weight excluding hydrogens is 260 g/mol. The third-order valence-corrected chi connectivity index (χ3v) is 4.37. The van der Waals surface area contributed by atoms with Crippen LogP contribution in [0.5, 0.6) is 0 Å². The highest BCUT2D eigenvalue weighted by molar-refractivity contribution is 5.14. The summed E-state index contributed by atoms with van der Waals surface area (Å²) in [6, 6.07) is 11.9. The standard InChI is InChI=1S/C18H30N2O/c1-4-19-18-10-11-21-14-17(18)13-20(15(2)3)12-16-8-6-5-7-9-16/h5-9,15,17-19H,4,10-14H2,1-3H3. The smallest absolute Gasteiger partial charge is 0.0521 e. The third kappa shape index (κ3) is 5.10. The van der Waals surface area contributed by atoms with Gasteiger partial charge in [0.15, 0.2) is 0 Å². The van der Waals surface area contributed by atoms with Crippen molar-refractivity contribution in [1.29, 1.82) is 0 Å². The van der Waals surface area contributed by atoms with E-state index in [-0.39, 0.29) is 0 Å². The second-order valence-electron chi connectivity index (χ2n) is 6.30. The van der Waals surface area contributed by atoms with E-state index < -0.39 is 0 Å². The van der Waals surface area contributed by atoms with Crippen molar-refractivity contribution in [2.45, 2.75) is 45.8 Å². The molecule has 3 heteroatoms. The van der Waals surface area contributed by atoms with Crippen molar-refractivity contribution in [3.8, 4) is 0 Å². The minimum Gasteiger partial charge on any atom is -0.381 e. The normalized spacial score (nSPS) is 22.9. The molecular formula is C18H30N2O. The van der Waals surface area contributed by atoms with Crippen molar-refractivity contribution in [1.82, 2.24) is 10.2 Å². The Labute approximate surface area is 129 Å². The molecule has 1 heterocycles. The average molecular weight is 290 g/mol. The molecule has 21 heavy (non-hydrogen) atoms. The van der Waals surface area contributed by atoms with E-state index in [0.717, 1.165) is 39.3 Å². The summed E-state index contributed by atoms with van der Waals surface area (Å²) in [7, 11) is 0. The molecule has 0 radical (unpaired) electrons. The molecule has 0 amide bonds. The van der Waals surface area contributed by atoms with Gasteiger partial charge in [-0.2, -0.15) is 0 Å². The number of nitrogens with one attached hydrogen (secondary N) is 1. The molecule has 2 unspecified atom stereocenters. The van der Waals surface area contributed by atoms with Crippen molar-refractivity contribution in [2.24, 2.45) is 5.92 Å². The van der Waals surface area contributed by atoms with E-state index in [1.165, 1.54) is 5.56 Å². The van der Waals surface area contributed by atoms with Gasteiger partial charge in [-0.1, -0.05) is 37.3 Å². The van der Waals surface area contributed by atoms with Crippen molar-refractivity contribution < 1.29 is 4.74 Å². The third-order valence-electron chi connectivity index (χ3n) is 4.37. The van der Waals surface area contributed by atoms with Crippen molar-refractivity contribution in [2.75, 3.05) is 26.3 Å². The summed E-state index contributed by atoms with van der Waals surface area (Å²) in [6.07, 6.45) is 1.13. The Morgan fingerprint density at radius 1 is 1.29 bits per heavy atom. The predicted molar refractivity (Wildman–Crippen MR) is 88.4 cm³/mol. The molecule has 0 spiro atoms. The number of hydrogen-bond acceptors (Lipinski definition) is 3. The highest BCUT2D eigenvalue weighted by Gasteiger charge is 2.27. The highest BCUT2D eigenvalue weighted by atomic mass is 16.5. The lowest BCUT2D eigenvalue weighted by atomic mass is 9.94. The summed E-state index contributed by atoms with van der Waals surface area (Å²) < 4.78 is 5.72. The van der Waals surface area contributed by atoms with Crippen molar-refractivity contribution in [3.63, 3.8) is 0 Å². The fraction of sp³-hybridized carbons (Fsp3) is 0.667. The van der Waals surface area contributed by atoms with Gasteiger partial charge in [-0.15, -0.1) is 0 Å². The van der Waals surface area contributed by atoms with Crippen LogP contribution in [-0.2, 0) is 11.3 Å². The Balaban J connectivity index is 1.97. The van der Waals surface area contributed by atoms with Gasteiger partial charge in [0, 0.05) is 37.7 Å². The van der Waals surface area contributed by atoms with Crippen LogP contribution in [0.3, 0.4) is 0 Å². The lowest BCUT2D eigenvalue weighted by Crippen LogP contribution is -2.48. The minimum atomic E-state index is 0.550. The fourth-order valence-electron chi connectivity index (χ4n) is 3.08. The summed E-state index contributed by atoms with van der Waals surface area (Å²) in [4.78, 5) is 2.57. The van der Waals surface area contributed by atoms with Gasteiger partial charge in [0.25, 0.3) is 0 Å². The average Bonchev–Trinajstić information content (AvgIpc) is 2.49. The maximum absolute atomic E-state index is 5.72. The monoisotopic (exact) mass is 290 g/mol. The molecule has 1 aromatic carbocycles. The van der Waals surface area contributed by atoms with Gasteiger partial charge >= 0.3 is 0 Å². The van der Waals surface area contributed by atoms with E-state index in [2.05, 4.69) is 61.3 Å². The first-order valence-electron chi connectivity index (χ1n) is 8.29. The Morgan fingerprint density at radius 2 is 2.05 bits per heavy atom. The van der Waals surface area contributed by atoms with Crippen molar-refractivity contribution >= 4 is 0 Å². The fourth-order valence-corrected chi connectivity index (χ4v) is 3.08. The number of nitrogens with zero attached hydrogens (tertiary/aromatic N) is 1. The molecule has 1 saturated heterocycles. The van der Waals surface area contributed by atoms with Crippen LogP contribution in [0.15, 0.2) is 30.3 Å². The van der Waals surface area contributed by atoms with Gasteiger partial charge in [-0.25, -0.2) is 0 Å². The van der Waals surface area contributed by atoms with E-state index >= 15 is 0 Å². The number of ether oxygens (including phenoxy) is 1. The summed E-state index contributed by atoms with van der Waals surface area (Å²) in [5.41, 5.74) is 1.39. The van der Waals surface area contributed by atoms with Gasteiger partial charge < -0.3 is 10.1 Å². The van der Waals surface area contributed by atoms with Gasteiger partial charge in [0.1, 0.15) is 0 Å². The zero-order valence-corrected chi connectivity index (χ0v) is 13.7. The Hall–Kier alpha value is -0.900. The second kappa shape index (κ2) is 8.52. The molecule has 0 aliphatic carbocycles. The number of rotatable bonds is 7. The minimum absolute atomic E-state index is 0.550. The predicted octanol–water partition coefficient (Wildman–Crippen LogP) is 2.91. The van der Waals surface area contributed by atoms with Crippen LogP contribution in [0, 0.1) is 5.92 Å². The largest absolute Gasteiger partial charge is 0.381 e. The quantitative estimate of drug-likeness (QED) is 0.835. The Bertz CT molecular complexity index is 391. The maximum Gasteiger partial charge on any atom is 0.0521 e. The van der Waals surface area contributed by atoms with Crippen LogP contribution >= 0.6 is 0 Å². The Kier molecular flexibility index (Phi) is 6.68. The lowest BCUT2D eigenvalue weighted by Gasteiger charge is -2.37. The first kappa shape index (κ1) is 16.5. The number of hydrogen-bond donors (Lipinski definition) is 1. The molecule has 1 aromatic rings. The first-order valence-corrected chi connectivity index (χ1v) is 8.29. The molecule has 0 bridgehead atoms. The van der Waals surface area contributed by atoms with Gasteiger partial charge in [-0.05, 0) is 32.4 Å². The van der Waals surface area contributed by atoms with E-state index in [0.29, 0.717) is 18.0 Å². The van der Waals surface area contributed by atoms with Crippen LogP contribution in [0.4, 0.5) is 0 Å². The maximum atomic E-state index is 5.72. The van der Waals surface area contributed by atoms with Gasteiger partial charge in [0.2, 0.25) is 0 Å². The molecule has 1 aliphatic heterocycles. The molecule has 0 saturated carbocycles. The SMILES string of the molecule is CCNC1CCOCC1CN(Cc1ccccc1)C(C)C. The molecule has 1 N–H and O–H groups in total. The van der Waals surface area contributed by atoms with E-state index in [9.17, 15) is 0 Å². The van der Waals surface area contributed by atoms with Crippen LogP contribution in [0.1, 0.15) is 32.8 Å². The lowest BCUT2D eigenvalue weighted by molar-refractivity contribution is 0.0111. The summed E-state index contributed by atoms with van der Waals surface area (Å²) >= 11 is 0. The summed E-state index contributed by atoms with van der Waals surface area (Å²) in [6.45, 7) is 11.7. The Morgan fingerprint density at radius 3 is 2.71 bits per heavy atom. The highest BCUT2D eigenvalue weighted by Crippen LogP contribution is 2.19. The molecule has 2 atom stereocenters. The molecule has 118 valence electrons. The molecule has 1 aliphatic rings.